The highest BCUT2D eigenvalue weighted by molar-refractivity contribution is 7.99. The summed E-state index contributed by atoms with van der Waals surface area (Å²) in [5, 5.41) is 11.5. The summed E-state index contributed by atoms with van der Waals surface area (Å²) >= 11 is 1.24. The highest BCUT2D eigenvalue weighted by Crippen LogP contribution is 2.21. The lowest BCUT2D eigenvalue weighted by molar-refractivity contribution is -0.119. The van der Waals surface area contributed by atoms with E-state index in [0.717, 1.165) is 12.8 Å². The molecule has 0 fully saturated rings. The number of hydrogen-bond donors (Lipinski definition) is 2. The Kier molecular flexibility index (Phi) is 5.96. The predicted molar refractivity (Wildman–Crippen MR) is 101 cm³/mol. The van der Waals surface area contributed by atoms with Crippen molar-refractivity contribution in [2.75, 3.05) is 11.6 Å². The molecule has 26 heavy (non-hydrogen) atoms. The van der Waals surface area contributed by atoms with E-state index in [0.29, 0.717) is 16.7 Å². The molecule has 0 radical (unpaired) electrons. The number of amides is 1. The number of thioether (sulfide) groups is 1. The molecule has 3 rings (SSSR count). The zero-order chi connectivity index (χ0) is 18.4. The Morgan fingerprint density at radius 2 is 2.08 bits per heavy atom. The van der Waals surface area contributed by atoms with Gasteiger partial charge in [-0.3, -0.25) is 4.79 Å². The maximum atomic E-state index is 12.1. The molecule has 8 heteroatoms. The molecule has 2 aromatic heterocycles. The summed E-state index contributed by atoms with van der Waals surface area (Å²) in [7, 11) is 0. The first-order chi connectivity index (χ1) is 12.6. The molecule has 136 valence electrons. The number of nitrogen functional groups attached to an aromatic ring is 1. The van der Waals surface area contributed by atoms with Crippen molar-refractivity contribution in [2.24, 2.45) is 0 Å². The second-order valence-electron chi connectivity index (χ2n) is 5.93. The molecule has 3 N–H and O–H groups in total. The molecule has 0 bridgehead atoms. The number of nitrogens with one attached hydrogen (secondary N) is 1. The first-order valence-electron chi connectivity index (χ1n) is 8.34. The second kappa shape index (κ2) is 8.57. The molecule has 0 aliphatic rings. The third kappa shape index (κ3) is 4.66. The van der Waals surface area contributed by atoms with Crippen LogP contribution in [0.2, 0.25) is 0 Å². The molecule has 1 amide bonds. The molecule has 0 saturated heterocycles. The van der Waals surface area contributed by atoms with Crippen molar-refractivity contribution < 1.29 is 9.21 Å². The van der Waals surface area contributed by atoms with E-state index >= 15 is 0 Å². The fourth-order valence-corrected chi connectivity index (χ4v) is 3.16. The highest BCUT2D eigenvalue weighted by atomic mass is 32.2. The van der Waals surface area contributed by atoms with Crippen LogP contribution in [0, 0.1) is 0 Å². The third-order valence-corrected chi connectivity index (χ3v) is 4.80. The Hall–Kier alpha value is -2.74. The van der Waals surface area contributed by atoms with Gasteiger partial charge < -0.3 is 15.6 Å². The molecule has 0 unspecified atom stereocenters. The van der Waals surface area contributed by atoms with Gasteiger partial charge in [-0.05, 0) is 37.5 Å². The van der Waals surface area contributed by atoms with E-state index in [4.69, 9.17) is 10.3 Å². The molecular weight excluding hydrogens is 350 g/mol. The van der Waals surface area contributed by atoms with Crippen molar-refractivity contribution in [3.05, 3.63) is 54.3 Å². The van der Waals surface area contributed by atoms with Crippen LogP contribution in [0.1, 0.15) is 18.9 Å². The second-order valence-corrected chi connectivity index (χ2v) is 6.88. The smallest absolute Gasteiger partial charge is 0.230 e. The van der Waals surface area contributed by atoms with Gasteiger partial charge in [0.25, 0.3) is 0 Å². The minimum absolute atomic E-state index is 0.0573. The minimum atomic E-state index is -0.0573. The van der Waals surface area contributed by atoms with Crippen molar-refractivity contribution >= 4 is 17.7 Å². The van der Waals surface area contributed by atoms with Gasteiger partial charge in [0.2, 0.25) is 16.9 Å². The van der Waals surface area contributed by atoms with Crippen molar-refractivity contribution in [1.29, 1.82) is 0 Å². The molecule has 1 atom stereocenters. The quantitative estimate of drug-likeness (QED) is 0.466. The number of nitrogens with two attached hydrogens (primary N) is 1. The Balaban J connectivity index is 1.45. The lowest BCUT2D eigenvalue weighted by atomic mass is 10.1. The van der Waals surface area contributed by atoms with Crippen molar-refractivity contribution in [2.45, 2.75) is 31.0 Å². The molecule has 3 aromatic rings. The number of nitrogens with zero attached hydrogens (tertiary/aromatic N) is 3. The van der Waals surface area contributed by atoms with Gasteiger partial charge in [0.05, 0.1) is 12.0 Å². The average Bonchev–Trinajstić information content (AvgIpc) is 3.29. The van der Waals surface area contributed by atoms with E-state index in [9.17, 15) is 4.79 Å². The summed E-state index contributed by atoms with van der Waals surface area (Å²) in [6.45, 7) is 2.01. The number of rotatable bonds is 8. The molecule has 0 aliphatic heterocycles. The van der Waals surface area contributed by atoms with Crippen LogP contribution in [0.5, 0.6) is 0 Å². The Morgan fingerprint density at radius 1 is 1.27 bits per heavy atom. The van der Waals surface area contributed by atoms with Gasteiger partial charge in [-0.2, -0.15) is 0 Å². The topological polar surface area (TPSA) is 99.0 Å². The summed E-state index contributed by atoms with van der Waals surface area (Å²) in [5.41, 5.74) is 1.27. The molecule has 0 spiro atoms. The van der Waals surface area contributed by atoms with Gasteiger partial charge in [-0.1, -0.05) is 42.1 Å². The number of aryl methyl sites for hydroxylation is 1. The van der Waals surface area contributed by atoms with Crippen LogP contribution in [0.4, 0.5) is 0 Å². The predicted octanol–water partition coefficient (Wildman–Crippen LogP) is 2.48. The first kappa shape index (κ1) is 18.1. The minimum Gasteiger partial charge on any atom is -0.461 e. The Labute approximate surface area is 156 Å². The fraction of sp³-hybridized carbons (Fsp3) is 0.278. The summed E-state index contributed by atoms with van der Waals surface area (Å²) in [6.07, 6.45) is 3.36. The van der Waals surface area contributed by atoms with Crippen LogP contribution < -0.4 is 11.2 Å². The van der Waals surface area contributed by atoms with Crippen molar-refractivity contribution in [3.63, 3.8) is 0 Å². The van der Waals surface area contributed by atoms with Crippen LogP contribution in [0.15, 0.2) is 58.3 Å². The van der Waals surface area contributed by atoms with Gasteiger partial charge in [0, 0.05) is 6.04 Å². The fourth-order valence-electron chi connectivity index (χ4n) is 2.50. The maximum absolute atomic E-state index is 12.1. The molecule has 7 nitrogen and oxygen atoms in total. The van der Waals surface area contributed by atoms with Crippen LogP contribution in [-0.4, -0.2) is 32.6 Å². The average molecular weight is 371 g/mol. The maximum Gasteiger partial charge on any atom is 0.230 e. The number of carbonyl (C=O) groups excluding carboxylic acids is 1. The van der Waals surface area contributed by atoms with Crippen LogP contribution in [0.3, 0.4) is 0 Å². The third-order valence-electron chi connectivity index (χ3n) is 3.85. The van der Waals surface area contributed by atoms with Crippen LogP contribution in [-0.2, 0) is 11.2 Å². The van der Waals surface area contributed by atoms with Crippen molar-refractivity contribution in [1.82, 2.24) is 20.2 Å². The molecular formula is C18H21N5O2S. The highest BCUT2D eigenvalue weighted by Gasteiger charge is 2.16. The van der Waals surface area contributed by atoms with Crippen molar-refractivity contribution in [3.8, 4) is 11.6 Å². The van der Waals surface area contributed by atoms with E-state index < -0.39 is 0 Å². The lowest BCUT2D eigenvalue weighted by Gasteiger charge is -2.13. The van der Waals surface area contributed by atoms with E-state index in [2.05, 4.69) is 27.6 Å². The summed E-state index contributed by atoms with van der Waals surface area (Å²) in [6, 6.07) is 13.8. The monoisotopic (exact) mass is 371 g/mol. The molecule has 2 heterocycles. The van der Waals surface area contributed by atoms with E-state index in [1.54, 1.807) is 18.4 Å². The standard InChI is InChI=1S/C18H21N5O2S/c1-13(9-10-14-6-3-2-4-7-14)20-16(24)12-26-18-22-21-17(23(18)19)15-8-5-11-25-15/h2-8,11,13H,9-10,12,19H2,1H3,(H,20,24)/t13-/m0/s1. The first-order valence-corrected chi connectivity index (χ1v) is 9.32. The number of benzene rings is 1. The molecule has 1 aromatic carbocycles. The lowest BCUT2D eigenvalue weighted by Crippen LogP contribution is -2.34. The number of hydrogen-bond acceptors (Lipinski definition) is 6. The summed E-state index contributed by atoms with van der Waals surface area (Å²) in [5.74, 6) is 7.10. The molecule has 0 aliphatic carbocycles. The largest absolute Gasteiger partial charge is 0.461 e. The van der Waals surface area contributed by atoms with Crippen LogP contribution in [0.25, 0.3) is 11.6 Å². The normalized spacial score (nSPS) is 12.0. The van der Waals surface area contributed by atoms with E-state index in [1.165, 1.54) is 22.0 Å². The van der Waals surface area contributed by atoms with E-state index in [1.807, 2.05) is 25.1 Å². The summed E-state index contributed by atoms with van der Waals surface area (Å²) in [4.78, 5) is 12.1. The zero-order valence-electron chi connectivity index (χ0n) is 14.5. The van der Waals surface area contributed by atoms with Crippen LogP contribution >= 0.6 is 11.8 Å². The Bertz CT molecular complexity index is 833. The number of carbonyl (C=O) groups is 1. The number of furan rings is 1. The number of aromatic nitrogens is 3. The van der Waals surface area contributed by atoms with Gasteiger partial charge in [-0.15, -0.1) is 10.2 Å². The van der Waals surface area contributed by atoms with Gasteiger partial charge >= 0.3 is 0 Å². The Morgan fingerprint density at radius 3 is 2.81 bits per heavy atom. The molecule has 0 saturated carbocycles. The summed E-state index contributed by atoms with van der Waals surface area (Å²) < 4.78 is 6.59. The van der Waals surface area contributed by atoms with Gasteiger partial charge in [0.1, 0.15) is 0 Å². The zero-order valence-corrected chi connectivity index (χ0v) is 15.3. The van der Waals surface area contributed by atoms with Gasteiger partial charge in [-0.25, -0.2) is 4.68 Å². The van der Waals surface area contributed by atoms with E-state index in [-0.39, 0.29) is 17.7 Å². The van der Waals surface area contributed by atoms with Gasteiger partial charge in [0.15, 0.2) is 5.76 Å². The SMILES string of the molecule is C[C@@H](CCc1ccccc1)NC(=O)CSc1nnc(-c2ccco2)n1N.